The lowest BCUT2D eigenvalue weighted by Gasteiger charge is -2.27. The van der Waals surface area contributed by atoms with Gasteiger partial charge in [-0.05, 0) is 24.8 Å². The van der Waals surface area contributed by atoms with E-state index in [0.717, 1.165) is 12.8 Å². The van der Waals surface area contributed by atoms with Crippen molar-refractivity contribution in [1.82, 2.24) is 0 Å². The zero-order valence-electron chi connectivity index (χ0n) is 11.5. The molecular weight excluding hydrogens is 274 g/mol. The third kappa shape index (κ3) is 3.45. The van der Waals surface area contributed by atoms with Crippen molar-refractivity contribution in [2.75, 3.05) is 0 Å². The summed E-state index contributed by atoms with van der Waals surface area (Å²) < 4.78 is 0. The van der Waals surface area contributed by atoms with Crippen molar-refractivity contribution in [3.8, 4) is 0 Å². The average molecular weight is 291 g/mol. The molecule has 0 heterocycles. The van der Waals surface area contributed by atoms with Crippen molar-refractivity contribution in [2.24, 2.45) is 11.8 Å². The zero-order valence-corrected chi connectivity index (χ0v) is 11.5. The maximum Gasteiger partial charge on any atom is 0.306 e. The third-order valence-electron chi connectivity index (χ3n) is 4.08. The summed E-state index contributed by atoms with van der Waals surface area (Å²) in [6.45, 7) is 0. The summed E-state index contributed by atoms with van der Waals surface area (Å²) in [5, 5.41) is 20.2. The molecule has 6 nitrogen and oxygen atoms in total. The fraction of sp³-hybridized carbons (Fsp3) is 0.467. The quantitative estimate of drug-likeness (QED) is 0.510. The van der Waals surface area contributed by atoms with Crippen LogP contribution in [0.4, 0.5) is 5.69 Å². The summed E-state index contributed by atoms with van der Waals surface area (Å²) >= 11 is 0. The van der Waals surface area contributed by atoms with Crippen LogP contribution in [0.1, 0.15) is 42.5 Å². The molecule has 6 heteroatoms. The third-order valence-corrected chi connectivity index (χ3v) is 4.08. The molecule has 1 N–H and O–H groups in total. The molecule has 0 amide bonds. The number of nitro benzene ring substituents is 1. The van der Waals surface area contributed by atoms with Gasteiger partial charge >= 0.3 is 5.97 Å². The van der Waals surface area contributed by atoms with Crippen LogP contribution in [0.25, 0.3) is 0 Å². The van der Waals surface area contributed by atoms with Gasteiger partial charge in [-0.1, -0.05) is 25.0 Å². The van der Waals surface area contributed by atoms with Crippen LogP contribution in [0, 0.1) is 22.0 Å². The Labute approximate surface area is 121 Å². The number of carbonyl (C=O) groups excluding carboxylic acids is 1. The number of hydrogen-bond donors (Lipinski definition) is 1. The Morgan fingerprint density at radius 3 is 2.57 bits per heavy atom. The minimum absolute atomic E-state index is 0.0574. The van der Waals surface area contributed by atoms with Gasteiger partial charge in [0.15, 0.2) is 5.78 Å². The summed E-state index contributed by atoms with van der Waals surface area (Å²) in [5.41, 5.74) is -0.151. The van der Waals surface area contributed by atoms with E-state index in [2.05, 4.69) is 0 Å². The Balaban J connectivity index is 2.17. The molecule has 0 radical (unpaired) electrons. The number of nitro groups is 1. The molecule has 0 saturated heterocycles. The summed E-state index contributed by atoms with van der Waals surface area (Å²) in [6.07, 6.45) is 3.07. The number of carboxylic acids is 1. The van der Waals surface area contributed by atoms with Crippen LogP contribution in [0.3, 0.4) is 0 Å². The monoisotopic (exact) mass is 291 g/mol. The highest BCUT2D eigenvalue weighted by Gasteiger charge is 2.33. The molecule has 1 aromatic rings. The maximum absolute atomic E-state index is 12.3. The fourth-order valence-corrected chi connectivity index (χ4v) is 2.99. The van der Waals surface area contributed by atoms with Crippen molar-refractivity contribution in [2.45, 2.75) is 32.1 Å². The van der Waals surface area contributed by atoms with Gasteiger partial charge in [-0.3, -0.25) is 19.7 Å². The van der Waals surface area contributed by atoms with Gasteiger partial charge in [-0.25, -0.2) is 0 Å². The Morgan fingerprint density at radius 2 is 1.90 bits per heavy atom. The van der Waals surface area contributed by atoms with Crippen LogP contribution in [0.5, 0.6) is 0 Å². The number of benzene rings is 1. The Hall–Kier alpha value is -2.24. The molecule has 0 aliphatic heterocycles. The van der Waals surface area contributed by atoms with E-state index in [1.807, 2.05) is 0 Å². The molecule has 112 valence electrons. The van der Waals surface area contributed by atoms with Gasteiger partial charge < -0.3 is 5.11 Å². The van der Waals surface area contributed by atoms with Crippen LogP contribution < -0.4 is 0 Å². The topological polar surface area (TPSA) is 97.5 Å². The predicted octanol–water partition coefficient (Wildman–Crippen LogP) is 3.06. The molecule has 1 aliphatic carbocycles. The first-order valence-electron chi connectivity index (χ1n) is 7.00. The van der Waals surface area contributed by atoms with Gasteiger partial charge in [0.25, 0.3) is 5.69 Å². The van der Waals surface area contributed by atoms with Crippen LogP contribution in [-0.2, 0) is 4.79 Å². The van der Waals surface area contributed by atoms with E-state index in [1.54, 1.807) is 6.07 Å². The number of rotatable bonds is 5. The second kappa shape index (κ2) is 6.47. The molecule has 1 saturated carbocycles. The van der Waals surface area contributed by atoms with Crippen LogP contribution in [0.15, 0.2) is 24.3 Å². The van der Waals surface area contributed by atoms with Crippen LogP contribution in [-0.4, -0.2) is 21.8 Å². The molecule has 1 fully saturated rings. The van der Waals surface area contributed by atoms with Crippen molar-refractivity contribution in [3.63, 3.8) is 0 Å². The first-order valence-corrected chi connectivity index (χ1v) is 7.00. The summed E-state index contributed by atoms with van der Waals surface area (Å²) in [6, 6.07) is 5.81. The number of para-hydroxylation sites is 1. The van der Waals surface area contributed by atoms with E-state index < -0.39 is 16.8 Å². The Kier molecular flexibility index (Phi) is 4.67. The van der Waals surface area contributed by atoms with Gasteiger partial charge in [0.1, 0.15) is 0 Å². The number of ketones is 1. The highest BCUT2D eigenvalue weighted by Crippen LogP contribution is 2.34. The van der Waals surface area contributed by atoms with E-state index in [-0.39, 0.29) is 29.4 Å². The van der Waals surface area contributed by atoms with Gasteiger partial charge in [0.05, 0.1) is 16.4 Å². The normalized spacial score (nSPS) is 21.7. The molecule has 1 aromatic carbocycles. The SMILES string of the molecule is O=C(C[C@@H]1CCCC[C@@H]1C(=O)O)c1ccccc1[N+](=O)[O-]. The molecule has 0 spiro atoms. The smallest absolute Gasteiger partial charge is 0.306 e. The van der Waals surface area contributed by atoms with Crippen molar-refractivity contribution >= 4 is 17.4 Å². The van der Waals surface area contributed by atoms with Gasteiger partial charge in [0, 0.05) is 12.5 Å². The standard InChI is InChI=1S/C15H17NO5/c17-14(12-7-3-4-8-13(12)16(20)21)9-10-5-1-2-6-11(10)15(18)19/h3-4,7-8,10-11H,1-2,5-6,9H2,(H,18,19)/t10-,11-/m0/s1. The summed E-state index contributed by atoms with van der Waals surface area (Å²) in [5.74, 6) is -1.98. The number of Topliss-reactive ketones (excluding diaryl/α,β-unsaturated/α-hetero) is 1. The molecule has 1 aliphatic rings. The summed E-state index contributed by atoms with van der Waals surface area (Å²) in [4.78, 5) is 33.9. The molecule has 0 aromatic heterocycles. The first kappa shape index (κ1) is 15.2. The van der Waals surface area contributed by atoms with E-state index in [9.17, 15) is 24.8 Å². The molecule has 0 unspecified atom stereocenters. The molecule has 0 bridgehead atoms. The second-order valence-electron chi connectivity index (χ2n) is 5.39. The Morgan fingerprint density at radius 1 is 1.24 bits per heavy atom. The molecule has 21 heavy (non-hydrogen) atoms. The van der Waals surface area contributed by atoms with Gasteiger partial charge in [-0.15, -0.1) is 0 Å². The number of hydrogen-bond acceptors (Lipinski definition) is 4. The first-order chi connectivity index (χ1) is 10.0. The molecule has 2 atom stereocenters. The lowest BCUT2D eigenvalue weighted by atomic mass is 9.76. The second-order valence-corrected chi connectivity index (χ2v) is 5.39. The largest absolute Gasteiger partial charge is 0.481 e. The van der Waals surface area contributed by atoms with Crippen molar-refractivity contribution in [1.29, 1.82) is 0 Å². The van der Waals surface area contributed by atoms with Crippen molar-refractivity contribution in [3.05, 3.63) is 39.9 Å². The van der Waals surface area contributed by atoms with Crippen LogP contribution in [0.2, 0.25) is 0 Å². The number of carboxylic acid groups (broad SMARTS) is 1. The van der Waals surface area contributed by atoms with Crippen molar-refractivity contribution < 1.29 is 19.6 Å². The highest BCUT2D eigenvalue weighted by atomic mass is 16.6. The maximum atomic E-state index is 12.3. The zero-order chi connectivity index (χ0) is 15.4. The minimum atomic E-state index is -0.880. The van der Waals surface area contributed by atoms with Gasteiger partial charge in [0.2, 0.25) is 0 Å². The number of carbonyl (C=O) groups is 2. The highest BCUT2D eigenvalue weighted by molar-refractivity contribution is 6.00. The van der Waals surface area contributed by atoms with Gasteiger partial charge in [-0.2, -0.15) is 0 Å². The number of nitrogens with zero attached hydrogens (tertiary/aromatic N) is 1. The van der Waals surface area contributed by atoms with E-state index in [1.165, 1.54) is 18.2 Å². The number of aliphatic carboxylic acids is 1. The van der Waals surface area contributed by atoms with E-state index in [4.69, 9.17) is 0 Å². The lowest BCUT2D eigenvalue weighted by Crippen LogP contribution is -2.28. The van der Waals surface area contributed by atoms with E-state index in [0.29, 0.717) is 12.8 Å². The summed E-state index contributed by atoms with van der Waals surface area (Å²) in [7, 11) is 0. The Bertz CT molecular complexity index is 569. The van der Waals surface area contributed by atoms with Crippen LogP contribution >= 0.6 is 0 Å². The van der Waals surface area contributed by atoms with E-state index >= 15 is 0 Å². The lowest BCUT2D eigenvalue weighted by molar-refractivity contribution is -0.385. The molecular formula is C15H17NO5. The minimum Gasteiger partial charge on any atom is -0.481 e. The average Bonchev–Trinajstić information content (AvgIpc) is 2.47. The fourth-order valence-electron chi connectivity index (χ4n) is 2.99. The molecule has 2 rings (SSSR count). The predicted molar refractivity (Wildman–Crippen MR) is 75.1 cm³/mol.